The molecule has 9 heavy (non-hydrogen) atoms. The molecule has 48 valence electrons. The summed E-state index contributed by atoms with van der Waals surface area (Å²) in [6, 6.07) is 0.394. The van der Waals surface area contributed by atoms with E-state index >= 15 is 0 Å². The molecule has 3 aliphatic carbocycles. The van der Waals surface area contributed by atoms with Crippen LogP contribution in [0.1, 0.15) is 6.42 Å². The summed E-state index contributed by atoms with van der Waals surface area (Å²) >= 11 is 0. The van der Waals surface area contributed by atoms with Crippen LogP contribution in [0.4, 0.5) is 0 Å². The number of hydrogen-bond acceptors (Lipinski definition) is 1. The van der Waals surface area contributed by atoms with Gasteiger partial charge in [0.05, 0.1) is 0 Å². The first-order valence-electron chi connectivity index (χ1n) is 3.48. The lowest BCUT2D eigenvalue weighted by atomic mass is 9.79. The minimum Gasteiger partial charge on any atom is -0.327 e. The molecular formula is C8H11N. The molecule has 1 atom stereocenters. The van der Waals surface area contributed by atoms with E-state index in [9.17, 15) is 0 Å². The number of fused-ring (bicyclic) bond motifs is 1. The Bertz CT molecular complexity index is 155. The fourth-order valence-electron chi connectivity index (χ4n) is 1.58. The van der Waals surface area contributed by atoms with Crippen molar-refractivity contribution in [2.75, 3.05) is 0 Å². The highest BCUT2D eigenvalue weighted by molar-refractivity contribution is 5.20. The van der Waals surface area contributed by atoms with Crippen LogP contribution in [0.5, 0.6) is 0 Å². The van der Waals surface area contributed by atoms with Crippen molar-refractivity contribution in [3.05, 3.63) is 24.3 Å². The van der Waals surface area contributed by atoms with Crippen LogP contribution in [0, 0.1) is 11.8 Å². The van der Waals surface area contributed by atoms with E-state index in [0.29, 0.717) is 17.9 Å². The maximum atomic E-state index is 5.82. The molecule has 2 bridgehead atoms. The molecule has 0 aromatic heterocycles. The molecule has 0 saturated carbocycles. The second-order valence-corrected chi connectivity index (χ2v) is 2.91. The van der Waals surface area contributed by atoms with Gasteiger partial charge in [0.1, 0.15) is 0 Å². The molecule has 3 aliphatic rings. The summed E-state index contributed by atoms with van der Waals surface area (Å²) in [4.78, 5) is 0. The number of allylic oxidation sites excluding steroid dienone is 2. The van der Waals surface area contributed by atoms with Crippen molar-refractivity contribution in [3.8, 4) is 0 Å². The highest BCUT2D eigenvalue weighted by Crippen LogP contribution is 2.28. The average molecular weight is 121 g/mol. The fourth-order valence-corrected chi connectivity index (χ4v) is 1.58. The lowest BCUT2D eigenvalue weighted by Gasteiger charge is -2.30. The Morgan fingerprint density at radius 3 is 2.00 bits per heavy atom. The maximum Gasteiger partial charge on any atom is 0.0145 e. The van der Waals surface area contributed by atoms with Gasteiger partial charge in [0.15, 0.2) is 0 Å². The molecule has 0 aliphatic heterocycles. The lowest BCUT2D eigenvalue weighted by molar-refractivity contribution is 0.450. The average Bonchev–Trinajstić information content (AvgIpc) is 1.90. The number of hydrogen-bond donors (Lipinski definition) is 1. The second-order valence-electron chi connectivity index (χ2n) is 2.91. The van der Waals surface area contributed by atoms with E-state index in [0.717, 1.165) is 6.42 Å². The van der Waals surface area contributed by atoms with Gasteiger partial charge in [-0.25, -0.2) is 0 Å². The molecule has 2 N–H and O–H groups in total. The van der Waals surface area contributed by atoms with Gasteiger partial charge in [-0.2, -0.15) is 0 Å². The van der Waals surface area contributed by atoms with Crippen molar-refractivity contribution < 1.29 is 0 Å². The van der Waals surface area contributed by atoms with Crippen LogP contribution < -0.4 is 5.73 Å². The van der Waals surface area contributed by atoms with Gasteiger partial charge in [0.2, 0.25) is 0 Å². The Hall–Kier alpha value is -0.560. The second kappa shape index (κ2) is 1.71. The summed E-state index contributed by atoms with van der Waals surface area (Å²) in [6.45, 7) is 0. The molecule has 0 saturated heterocycles. The number of nitrogens with two attached hydrogens (primary N) is 1. The van der Waals surface area contributed by atoms with Crippen molar-refractivity contribution in [2.24, 2.45) is 17.6 Å². The van der Waals surface area contributed by atoms with Crippen LogP contribution in [-0.2, 0) is 0 Å². The molecule has 0 spiro atoms. The zero-order chi connectivity index (χ0) is 6.27. The zero-order valence-corrected chi connectivity index (χ0v) is 5.33. The van der Waals surface area contributed by atoms with Crippen LogP contribution in [0.25, 0.3) is 0 Å². The monoisotopic (exact) mass is 121 g/mol. The van der Waals surface area contributed by atoms with E-state index in [1.807, 2.05) is 0 Å². The summed E-state index contributed by atoms with van der Waals surface area (Å²) in [6.07, 6.45) is 10.1. The van der Waals surface area contributed by atoms with Crippen molar-refractivity contribution in [3.63, 3.8) is 0 Å². The molecule has 0 amide bonds. The van der Waals surface area contributed by atoms with E-state index in [1.165, 1.54) is 0 Å². The van der Waals surface area contributed by atoms with E-state index < -0.39 is 0 Å². The summed E-state index contributed by atoms with van der Waals surface area (Å²) in [5.41, 5.74) is 5.82. The Morgan fingerprint density at radius 2 is 1.78 bits per heavy atom. The fraction of sp³-hybridized carbons (Fsp3) is 0.500. The largest absolute Gasteiger partial charge is 0.327 e. The minimum absolute atomic E-state index is 0.394. The minimum atomic E-state index is 0.394. The summed E-state index contributed by atoms with van der Waals surface area (Å²) in [5, 5.41) is 0. The zero-order valence-electron chi connectivity index (χ0n) is 5.33. The highest BCUT2D eigenvalue weighted by Gasteiger charge is 2.24. The van der Waals surface area contributed by atoms with Gasteiger partial charge < -0.3 is 5.73 Å². The summed E-state index contributed by atoms with van der Waals surface area (Å²) < 4.78 is 0. The Morgan fingerprint density at radius 1 is 1.11 bits per heavy atom. The van der Waals surface area contributed by atoms with E-state index in [2.05, 4.69) is 24.3 Å². The molecule has 1 heteroatoms. The molecule has 1 unspecified atom stereocenters. The van der Waals surface area contributed by atoms with Crippen molar-refractivity contribution in [1.29, 1.82) is 0 Å². The quantitative estimate of drug-likeness (QED) is 0.477. The predicted octanol–water partition coefficient (Wildman–Crippen LogP) is 1.08. The Balaban J connectivity index is 2.30. The van der Waals surface area contributed by atoms with Crippen LogP contribution in [-0.4, -0.2) is 6.04 Å². The first-order valence-corrected chi connectivity index (χ1v) is 3.48. The molecule has 3 rings (SSSR count). The van der Waals surface area contributed by atoms with Crippen molar-refractivity contribution in [2.45, 2.75) is 12.5 Å². The standard InChI is InChI=1S/C8H11N/c9-8-5-6-1-3-7(8)4-2-6/h1-4,6-8H,5,9H2. The van der Waals surface area contributed by atoms with Gasteiger partial charge in [0.25, 0.3) is 0 Å². The molecule has 0 aromatic carbocycles. The summed E-state index contributed by atoms with van der Waals surface area (Å²) in [7, 11) is 0. The first-order chi connectivity index (χ1) is 4.36. The van der Waals surface area contributed by atoms with Crippen molar-refractivity contribution in [1.82, 2.24) is 0 Å². The van der Waals surface area contributed by atoms with Crippen LogP contribution in [0.2, 0.25) is 0 Å². The molecule has 1 nitrogen and oxygen atoms in total. The van der Waals surface area contributed by atoms with E-state index in [-0.39, 0.29) is 0 Å². The predicted molar refractivity (Wildman–Crippen MR) is 37.9 cm³/mol. The third-order valence-corrected chi connectivity index (χ3v) is 2.20. The third-order valence-electron chi connectivity index (χ3n) is 2.20. The van der Waals surface area contributed by atoms with Gasteiger partial charge in [-0.15, -0.1) is 0 Å². The smallest absolute Gasteiger partial charge is 0.0145 e. The molecule has 0 fully saturated rings. The SMILES string of the molecule is NC1CC2C=CC1C=C2. The van der Waals surface area contributed by atoms with Gasteiger partial charge >= 0.3 is 0 Å². The first kappa shape index (κ1) is 5.24. The molecule has 0 aromatic rings. The van der Waals surface area contributed by atoms with Crippen LogP contribution in [0.3, 0.4) is 0 Å². The van der Waals surface area contributed by atoms with Crippen LogP contribution in [0.15, 0.2) is 24.3 Å². The van der Waals surface area contributed by atoms with E-state index in [4.69, 9.17) is 5.73 Å². The van der Waals surface area contributed by atoms with Gasteiger partial charge in [-0.05, 0) is 12.3 Å². The maximum absolute atomic E-state index is 5.82. The van der Waals surface area contributed by atoms with Gasteiger partial charge in [0, 0.05) is 12.0 Å². The topological polar surface area (TPSA) is 26.0 Å². The highest BCUT2D eigenvalue weighted by atomic mass is 14.7. The van der Waals surface area contributed by atoms with Gasteiger partial charge in [-0.3, -0.25) is 0 Å². The Labute approximate surface area is 55.2 Å². The third kappa shape index (κ3) is 0.724. The molecular weight excluding hydrogens is 110 g/mol. The van der Waals surface area contributed by atoms with Crippen LogP contribution >= 0.6 is 0 Å². The summed E-state index contributed by atoms with van der Waals surface area (Å²) in [5.74, 6) is 1.18. The normalized spacial score (nSPS) is 46.1. The molecule has 0 heterocycles. The number of rotatable bonds is 0. The Kier molecular flexibility index (Phi) is 0.995. The van der Waals surface area contributed by atoms with Gasteiger partial charge in [-0.1, -0.05) is 24.3 Å². The lowest BCUT2D eigenvalue weighted by Crippen LogP contribution is -2.35. The van der Waals surface area contributed by atoms with E-state index in [1.54, 1.807) is 0 Å². The van der Waals surface area contributed by atoms with Crippen molar-refractivity contribution >= 4 is 0 Å². The molecule has 0 radical (unpaired) electrons.